The molecule has 0 aliphatic rings. The van der Waals surface area contributed by atoms with Crippen molar-refractivity contribution in [3.05, 3.63) is 24.3 Å². The normalized spacial score (nSPS) is 8.76. The van der Waals surface area contributed by atoms with Crippen LogP contribution in [0.1, 0.15) is 41.0 Å². The minimum atomic E-state index is 0.864. The number of fused-ring (bicyclic) bond motifs is 1. The number of hydrogen-bond donors (Lipinski definition) is 2. The summed E-state index contributed by atoms with van der Waals surface area (Å²) >= 11 is 0. The summed E-state index contributed by atoms with van der Waals surface area (Å²) in [7, 11) is 0. The third kappa shape index (κ3) is 4.89. The maximum atomic E-state index is 4.38. The fourth-order valence-corrected chi connectivity index (χ4v) is 1.28. The van der Waals surface area contributed by atoms with E-state index in [1.165, 1.54) is 0 Å². The van der Waals surface area contributed by atoms with Gasteiger partial charge in [-0.15, -0.1) is 0 Å². The second-order valence-electron chi connectivity index (χ2n) is 3.03. The van der Waals surface area contributed by atoms with Gasteiger partial charge in [-0.25, -0.2) is 4.98 Å². The van der Waals surface area contributed by atoms with Gasteiger partial charge >= 0.3 is 0 Å². The average Bonchev–Trinajstić information content (AvgIpc) is 2.83. The summed E-state index contributed by atoms with van der Waals surface area (Å²) in [4.78, 5) is 7.59. The lowest BCUT2D eigenvalue weighted by Crippen LogP contribution is -2.00. The Morgan fingerprint density at radius 3 is 2.35 bits per heavy atom. The van der Waals surface area contributed by atoms with E-state index >= 15 is 0 Å². The third-order valence-corrected chi connectivity index (χ3v) is 1.93. The van der Waals surface area contributed by atoms with Gasteiger partial charge in [0.25, 0.3) is 0 Å². The van der Waals surface area contributed by atoms with Crippen molar-refractivity contribution in [1.29, 1.82) is 0 Å². The summed E-state index contributed by atoms with van der Waals surface area (Å²) in [5.41, 5.74) is 2.10. The maximum Gasteiger partial charge on any atom is 0.201 e. The largest absolute Gasteiger partial charge is 0.356 e. The van der Waals surface area contributed by atoms with Crippen LogP contribution in [0.15, 0.2) is 24.3 Å². The van der Waals surface area contributed by atoms with Gasteiger partial charge < -0.3 is 10.3 Å². The van der Waals surface area contributed by atoms with E-state index in [4.69, 9.17) is 0 Å². The van der Waals surface area contributed by atoms with Crippen molar-refractivity contribution in [1.82, 2.24) is 9.97 Å². The molecule has 2 rings (SSSR count). The molecule has 0 unspecified atom stereocenters. The monoisotopic (exact) mass is 235 g/mol. The number of aromatic amines is 1. The smallest absolute Gasteiger partial charge is 0.201 e. The van der Waals surface area contributed by atoms with Crippen LogP contribution in [0, 0.1) is 0 Å². The number of benzene rings is 1. The summed E-state index contributed by atoms with van der Waals surface area (Å²) in [6.07, 6.45) is 1.11. The molecule has 3 nitrogen and oxygen atoms in total. The topological polar surface area (TPSA) is 40.7 Å². The highest BCUT2D eigenvalue weighted by Crippen LogP contribution is 2.12. The lowest BCUT2D eigenvalue weighted by atomic mass is 10.3. The summed E-state index contributed by atoms with van der Waals surface area (Å²) in [5.74, 6) is 0.864. The quantitative estimate of drug-likeness (QED) is 0.825. The van der Waals surface area contributed by atoms with Crippen molar-refractivity contribution in [2.75, 3.05) is 11.9 Å². The number of aromatic nitrogens is 2. The Kier molecular flexibility index (Phi) is 8.84. The van der Waals surface area contributed by atoms with Crippen molar-refractivity contribution in [2.24, 2.45) is 0 Å². The van der Waals surface area contributed by atoms with Gasteiger partial charge in [0, 0.05) is 6.54 Å². The predicted octanol–water partition coefficient (Wildman–Crippen LogP) is 4.44. The molecule has 1 heterocycles. The zero-order valence-electron chi connectivity index (χ0n) is 11.7. The molecule has 1 aromatic heterocycles. The van der Waals surface area contributed by atoms with Gasteiger partial charge in [0.15, 0.2) is 0 Å². The number of imidazole rings is 1. The van der Waals surface area contributed by atoms with Crippen molar-refractivity contribution in [2.45, 2.75) is 41.0 Å². The molecule has 0 saturated carbocycles. The van der Waals surface area contributed by atoms with Gasteiger partial charge in [0.1, 0.15) is 0 Å². The number of nitrogens with zero attached hydrogens (tertiary/aromatic N) is 1. The van der Waals surface area contributed by atoms with E-state index in [9.17, 15) is 0 Å². The second-order valence-corrected chi connectivity index (χ2v) is 3.03. The lowest BCUT2D eigenvalue weighted by molar-refractivity contribution is 0.964. The van der Waals surface area contributed by atoms with Crippen molar-refractivity contribution >= 4 is 17.0 Å². The van der Waals surface area contributed by atoms with E-state index in [0.717, 1.165) is 29.9 Å². The zero-order valence-corrected chi connectivity index (χ0v) is 11.7. The molecule has 2 N–H and O–H groups in total. The van der Waals surface area contributed by atoms with E-state index in [1.807, 2.05) is 52.0 Å². The molecule has 0 saturated heterocycles. The first-order chi connectivity index (χ1) is 8.40. The molecule has 0 bridgehead atoms. The van der Waals surface area contributed by atoms with Gasteiger partial charge in [-0.3, -0.25) is 0 Å². The molecule has 2 aromatic rings. The number of hydrogen-bond acceptors (Lipinski definition) is 2. The molecule has 0 radical (unpaired) electrons. The molecule has 0 aliphatic carbocycles. The Morgan fingerprint density at radius 1 is 1.12 bits per heavy atom. The van der Waals surface area contributed by atoms with Crippen LogP contribution in [-0.2, 0) is 0 Å². The highest BCUT2D eigenvalue weighted by atomic mass is 15.1. The third-order valence-electron chi connectivity index (χ3n) is 1.93. The standard InChI is InChI=1S/C10H13N3.2C2H6/c1-2-7-11-10-12-8-5-3-4-6-9(8)13-10;2*1-2/h3-6H,2,7H2,1H3,(H2,11,12,13);2*1-2H3. The van der Waals surface area contributed by atoms with Crippen molar-refractivity contribution in [3.8, 4) is 0 Å². The first-order valence-corrected chi connectivity index (χ1v) is 6.59. The number of anilines is 1. The molecular formula is C14H25N3. The van der Waals surface area contributed by atoms with Crippen LogP contribution in [0.25, 0.3) is 11.0 Å². The van der Waals surface area contributed by atoms with Crippen molar-refractivity contribution in [3.63, 3.8) is 0 Å². The molecule has 0 amide bonds. The summed E-state index contributed by atoms with van der Waals surface area (Å²) in [5, 5.41) is 3.22. The maximum absolute atomic E-state index is 4.38. The molecule has 0 aliphatic heterocycles. The Labute approximate surface area is 105 Å². The highest BCUT2D eigenvalue weighted by molar-refractivity contribution is 5.77. The SMILES string of the molecule is CC.CC.CCCNc1nc2ccccc2[nH]1. The Hall–Kier alpha value is -1.51. The number of nitrogens with one attached hydrogen (secondary N) is 2. The molecule has 1 aromatic carbocycles. The fraction of sp³-hybridized carbons (Fsp3) is 0.500. The molecule has 17 heavy (non-hydrogen) atoms. The molecule has 0 spiro atoms. The molecule has 0 fully saturated rings. The van der Waals surface area contributed by atoms with Crippen LogP contribution in [-0.4, -0.2) is 16.5 Å². The number of para-hydroxylation sites is 2. The van der Waals surface area contributed by atoms with Crippen LogP contribution >= 0.6 is 0 Å². The molecule has 96 valence electrons. The summed E-state index contributed by atoms with van der Waals surface area (Å²) < 4.78 is 0. The van der Waals surface area contributed by atoms with Crippen LogP contribution in [0.2, 0.25) is 0 Å². The Morgan fingerprint density at radius 2 is 1.76 bits per heavy atom. The average molecular weight is 235 g/mol. The van der Waals surface area contributed by atoms with E-state index in [1.54, 1.807) is 0 Å². The number of H-pyrrole nitrogens is 1. The predicted molar refractivity (Wildman–Crippen MR) is 77.6 cm³/mol. The van der Waals surface area contributed by atoms with Crippen LogP contribution < -0.4 is 5.32 Å². The second kappa shape index (κ2) is 9.70. The zero-order chi connectivity index (χ0) is 13.1. The van der Waals surface area contributed by atoms with Gasteiger partial charge in [0.2, 0.25) is 5.95 Å². The van der Waals surface area contributed by atoms with Gasteiger partial charge in [-0.2, -0.15) is 0 Å². The first-order valence-electron chi connectivity index (χ1n) is 6.59. The lowest BCUT2D eigenvalue weighted by Gasteiger charge is -1.96. The Bertz CT molecular complexity index is 360. The van der Waals surface area contributed by atoms with E-state index in [-0.39, 0.29) is 0 Å². The van der Waals surface area contributed by atoms with Crippen molar-refractivity contribution < 1.29 is 0 Å². The van der Waals surface area contributed by atoms with E-state index in [2.05, 4.69) is 22.2 Å². The van der Waals surface area contributed by atoms with Gasteiger partial charge in [-0.1, -0.05) is 46.8 Å². The van der Waals surface area contributed by atoms with E-state index < -0.39 is 0 Å². The van der Waals surface area contributed by atoms with Gasteiger partial charge in [-0.05, 0) is 18.6 Å². The summed E-state index contributed by atoms with van der Waals surface area (Å²) in [6, 6.07) is 8.03. The minimum absolute atomic E-state index is 0.864. The number of rotatable bonds is 3. The molecule has 0 atom stereocenters. The van der Waals surface area contributed by atoms with E-state index in [0.29, 0.717) is 0 Å². The fourth-order valence-electron chi connectivity index (χ4n) is 1.28. The first kappa shape index (κ1) is 15.5. The van der Waals surface area contributed by atoms with Crippen LogP contribution in [0.5, 0.6) is 0 Å². The minimum Gasteiger partial charge on any atom is -0.356 e. The molecule has 3 heteroatoms. The van der Waals surface area contributed by atoms with Crippen LogP contribution in [0.4, 0.5) is 5.95 Å². The van der Waals surface area contributed by atoms with Gasteiger partial charge in [0.05, 0.1) is 11.0 Å². The Balaban J connectivity index is 0.000000581. The highest BCUT2D eigenvalue weighted by Gasteiger charge is 1.98. The summed E-state index contributed by atoms with van der Waals surface area (Å²) in [6.45, 7) is 11.1. The van der Waals surface area contributed by atoms with Crippen LogP contribution in [0.3, 0.4) is 0 Å². The molecular weight excluding hydrogens is 210 g/mol.